The number of alkyl halides is 2. The Kier molecular flexibility index (Phi) is 7.25. The van der Waals surface area contributed by atoms with Crippen LogP contribution in [0.25, 0.3) is 22.7 Å². The molecule has 0 saturated heterocycles. The molecular formula is C28H26F2N10O2. The van der Waals surface area contributed by atoms with Gasteiger partial charge < -0.3 is 15.0 Å². The number of methoxy groups -OCH3 is 1. The minimum absolute atomic E-state index is 0.0849. The Bertz CT molecular complexity index is 1890. The van der Waals surface area contributed by atoms with Crippen molar-refractivity contribution in [1.82, 2.24) is 39.4 Å². The SMILES string of the molecule is COc1cc2c(cc1Nc1nnc(C)c(C)c1C(=O)N(C)C)ncn2-c1ccc(C(F)F)c(-n2nc(C#N)cc2C)n1. The average Bonchev–Trinajstić information content (AvgIpc) is 3.56. The minimum Gasteiger partial charge on any atom is -0.494 e. The monoisotopic (exact) mass is 572 g/mol. The van der Waals surface area contributed by atoms with E-state index in [4.69, 9.17) is 4.74 Å². The molecule has 0 aliphatic rings. The highest BCUT2D eigenvalue weighted by molar-refractivity contribution is 6.01. The predicted molar refractivity (Wildman–Crippen MR) is 150 cm³/mol. The number of halogens is 2. The summed E-state index contributed by atoms with van der Waals surface area (Å²) in [5, 5.41) is 24.9. The maximum atomic E-state index is 13.9. The number of anilines is 2. The zero-order chi connectivity index (χ0) is 30.3. The Labute approximate surface area is 239 Å². The maximum absolute atomic E-state index is 13.9. The number of imidazole rings is 1. The second-order valence-corrected chi connectivity index (χ2v) is 9.69. The summed E-state index contributed by atoms with van der Waals surface area (Å²) in [5.41, 5.74) is 3.52. The van der Waals surface area contributed by atoms with E-state index in [1.807, 2.05) is 6.07 Å². The number of pyridine rings is 1. The molecule has 0 saturated carbocycles. The summed E-state index contributed by atoms with van der Waals surface area (Å²) in [6.07, 6.45) is -1.31. The molecule has 5 aromatic rings. The number of hydrogen-bond donors (Lipinski definition) is 1. The smallest absolute Gasteiger partial charge is 0.267 e. The van der Waals surface area contributed by atoms with Crippen LogP contribution in [-0.4, -0.2) is 66.5 Å². The molecule has 0 unspecified atom stereocenters. The molecular weight excluding hydrogens is 546 g/mol. The number of ether oxygens (including phenoxy) is 1. The van der Waals surface area contributed by atoms with Gasteiger partial charge in [-0.3, -0.25) is 9.36 Å². The number of hydrogen-bond acceptors (Lipinski definition) is 9. The van der Waals surface area contributed by atoms with Gasteiger partial charge in [0.05, 0.1) is 40.7 Å². The van der Waals surface area contributed by atoms with Gasteiger partial charge in [0.1, 0.15) is 24.0 Å². The summed E-state index contributed by atoms with van der Waals surface area (Å²) in [7, 11) is 4.81. The summed E-state index contributed by atoms with van der Waals surface area (Å²) < 4.78 is 36.4. The lowest BCUT2D eigenvalue weighted by Gasteiger charge is -2.18. The number of aryl methyl sites for hydroxylation is 2. The topological polar surface area (TPSA) is 140 Å². The third kappa shape index (κ3) is 4.85. The lowest BCUT2D eigenvalue weighted by Crippen LogP contribution is -2.25. The van der Waals surface area contributed by atoms with Gasteiger partial charge in [0.15, 0.2) is 17.3 Å². The number of benzene rings is 1. The molecule has 0 aliphatic carbocycles. The van der Waals surface area contributed by atoms with Crippen LogP contribution < -0.4 is 10.1 Å². The fourth-order valence-corrected chi connectivity index (χ4v) is 4.46. The fraction of sp³-hybridized carbons (Fsp3) is 0.250. The predicted octanol–water partition coefficient (Wildman–Crippen LogP) is 4.58. The first-order chi connectivity index (χ1) is 20.0. The fourth-order valence-electron chi connectivity index (χ4n) is 4.46. The van der Waals surface area contributed by atoms with Crippen LogP contribution in [-0.2, 0) is 0 Å². The van der Waals surface area contributed by atoms with Gasteiger partial charge in [0.25, 0.3) is 12.3 Å². The van der Waals surface area contributed by atoms with Crippen molar-refractivity contribution in [3.05, 3.63) is 70.4 Å². The third-order valence-electron chi connectivity index (χ3n) is 6.77. The van der Waals surface area contributed by atoms with E-state index in [0.29, 0.717) is 50.8 Å². The molecule has 0 aliphatic heterocycles. The van der Waals surface area contributed by atoms with E-state index >= 15 is 0 Å². The van der Waals surface area contributed by atoms with E-state index < -0.39 is 6.43 Å². The van der Waals surface area contributed by atoms with E-state index in [0.717, 1.165) is 0 Å². The number of fused-ring (bicyclic) bond motifs is 1. The van der Waals surface area contributed by atoms with Crippen LogP contribution in [0.3, 0.4) is 0 Å². The molecule has 0 radical (unpaired) electrons. The number of nitrogens with zero attached hydrogens (tertiary/aromatic N) is 9. The molecule has 14 heteroatoms. The number of nitrogens with one attached hydrogen (secondary N) is 1. The second kappa shape index (κ2) is 10.8. The molecule has 5 rings (SSSR count). The van der Waals surface area contributed by atoms with Gasteiger partial charge in [-0.2, -0.15) is 15.5 Å². The van der Waals surface area contributed by atoms with Crippen LogP contribution in [0.5, 0.6) is 5.75 Å². The van der Waals surface area contributed by atoms with Crippen LogP contribution >= 0.6 is 0 Å². The van der Waals surface area contributed by atoms with Gasteiger partial charge in [0, 0.05) is 25.9 Å². The Morgan fingerprint density at radius 3 is 2.55 bits per heavy atom. The van der Waals surface area contributed by atoms with Gasteiger partial charge in [-0.05, 0) is 50.6 Å². The summed E-state index contributed by atoms with van der Waals surface area (Å²) in [4.78, 5) is 23.4. The Morgan fingerprint density at radius 2 is 1.90 bits per heavy atom. The van der Waals surface area contributed by atoms with Crippen molar-refractivity contribution in [2.75, 3.05) is 26.5 Å². The van der Waals surface area contributed by atoms with Crippen LogP contribution in [0.4, 0.5) is 20.3 Å². The van der Waals surface area contributed by atoms with Crippen molar-refractivity contribution in [2.45, 2.75) is 27.2 Å². The van der Waals surface area contributed by atoms with E-state index in [-0.39, 0.29) is 28.8 Å². The van der Waals surface area contributed by atoms with Gasteiger partial charge in [0.2, 0.25) is 0 Å². The highest BCUT2D eigenvalue weighted by atomic mass is 19.3. The average molecular weight is 573 g/mol. The van der Waals surface area contributed by atoms with Gasteiger partial charge in [-0.1, -0.05) is 0 Å². The Balaban J connectivity index is 1.61. The summed E-state index contributed by atoms with van der Waals surface area (Å²) in [6.45, 7) is 5.24. The summed E-state index contributed by atoms with van der Waals surface area (Å²) in [5.74, 6) is 0.625. The number of carbonyl (C=O) groups is 1. The van der Waals surface area contributed by atoms with Gasteiger partial charge in [-0.25, -0.2) is 23.4 Å². The molecule has 0 atom stereocenters. The van der Waals surface area contributed by atoms with Crippen molar-refractivity contribution in [3.8, 4) is 23.5 Å². The number of nitriles is 1. The van der Waals surface area contributed by atoms with E-state index in [9.17, 15) is 18.8 Å². The molecule has 214 valence electrons. The highest BCUT2D eigenvalue weighted by Gasteiger charge is 2.23. The molecule has 0 spiro atoms. The van der Waals surface area contributed by atoms with Crippen LogP contribution in [0.2, 0.25) is 0 Å². The van der Waals surface area contributed by atoms with Gasteiger partial charge >= 0.3 is 0 Å². The molecule has 1 N–H and O–H groups in total. The minimum atomic E-state index is -2.82. The first-order valence-electron chi connectivity index (χ1n) is 12.7. The third-order valence-corrected chi connectivity index (χ3v) is 6.77. The first kappa shape index (κ1) is 28.1. The second-order valence-electron chi connectivity index (χ2n) is 9.69. The van der Waals surface area contributed by atoms with Crippen LogP contribution in [0, 0.1) is 32.1 Å². The molecule has 1 amide bonds. The normalized spacial score (nSPS) is 11.1. The lowest BCUT2D eigenvalue weighted by molar-refractivity contribution is 0.0827. The van der Waals surface area contributed by atoms with Crippen molar-refractivity contribution in [2.24, 2.45) is 0 Å². The molecule has 42 heavy (non-hydrogen) atoms. The summed E-state index contributed by atoms with van der Waals surface area (Å²) in [6, 6.07) is 9.57. The van der Waals surface area contributed by atoms with Crippen LogP contribution in [0.15, 0.2) is 36.7 Å². The van der Waals surface area contributed by atoms with E-state index in [1.54, 1.807) is 51.6 Å². The standard InChI is InChI=1S/C28H26F2N10O2/c1-14-9-17(12-31)37-40(14)27-18(25(29)30)7-8-23(34-27)39-13-32-19-10-20(22(42-6)11-21(19)39)33-26-24(28(41)38(4)5)15(2)16(3)35-36-26/h7-11,13,25H,1-6H3,(H,33,36). The Morgan fingerprint density at radius 1 is 1.14 bits per heavy atom. The molecule has 12 nitrogen and oxygen atoms in total. The van der Waals surface area contributed by atoms with E-state index in [1.165, 1.54) is 41.2 Å². The van der Waals surface area contributed by atoms with Crippen molar-refractivity contribution in [3.63, 3.8) is 0 Å². The molecule has 1 aromatic carbocycles. The van der Waals surface area contributed by atoms with E-state index in [2.05, 4.69) is 30.6 Å². The molecule has 0 bridgehead atoms. The molecule has 4 aromatic heterocycles. The molecule has 4 heterocycles. The lowest BCUT2D eigenvalue weighted by atomic mass is 10.1. The maximum Gasteiger partial charge on any atom is 0.267 e. The number of amides is 1. The highest BCUT2D eigenvalue weighted by Crippen LogP contribution is 2.35. The number of carbonyl (C=O) groups excluding carboxylic acids is 1. The zero-order valence-electron chi connectivity index (χ0n) is 23.6. The largest absolute Gasteiger partial charge is 0.494 e. The van der Waals surface area contributed by atoms with Gasteiger partial charge in [-0.15, -0.1) is 5.10 Å². The quantitative estimate of drug-likeness (QED) is 0.297. The zero-order valence-corrected chi connectivity index (χ0v) is 23.6. The molecule has 0 fully saturated rings. The van der Waals surface area contributed by atoms with Crippen molar-refractivity contribution in [1.29, 1.82) is 5.26 Å². The number of aromatic nitrogens is 7. The Hall–Kier alpha value is -5.45. The number of rotatable bonds is 7. The van der Waals surface area contributed by atoms with Crippen LogP contribution in [0.1, 0.15) is 45.0 Å². The summed E-state index contributed by atoms with van der Waals surface area (Å²) >= 11 is 0. The first-order valence-corrected chi connectivity index (χ1v) is 12.7. The van der Waals surface area contributed by atoms with Crippen molar-refractivity contribution < 1.29 is 18.3 Å². The van der Waals surface area contributed by atoms with Crippen molar-refractivity contribution >= 4 is 28.4 Å².